The van der Waals surface area contributed by atoms with Crippen LogP contribution >= 0.6 is 0 Å². The van der Waals surface area contributed by atoms with Crippen LogP contribution in [0.25, 0.3) is 0 Å². The standard InChI is InChI=1S/C14H21N3O3S/c1-10-4-5-13(11(2)15-10)16-14(18)8-12-9-21(19,20)7-6-17(12)3/h4-5,12H,6-9H2,1-3H3,(H,16,18). The Labute approximate surface area is 125 Å². The number of rotatable bonds is 3. The van der Waals surface area contributed by atoms with E-state index in [4.69, 9.17) is 0 Å². The van der Waals surface area contributed by atoms with E-state index < -0.39 is 9.84 Å². The van der Waals surface area contributed by atoms with Gasteiger partial charge in [0, 0.05) is 24.7 Å². The minimum Gasteiger partial charge on any atom is -0.324 e. The van der Waals surface area contributed by atoms with Gasteiger partial charge in [-0.25, -0.2) is 8.42 Å². The molecule has 0 aliphatic carbocycles. The SMILES string of the molecule is Cc1ccc(NC(=O)CC2CS(=O)(=O)CCN2C)c(C)n1. The largest absolute Gasteiger partial charge is 0.324 e. The molecule has 116 valence electrons. The molecule has 0 spiro atoms. The zero-order chi connectivity index (χ0) is 15.6. The monoisotopic (exact) mass is 311 g/mol. The van der Waals surface area contributed by atoms with Crippen LogP contribution in [0.3, 0.4) is 0 Å². The van der Waals surface area contributed by atoms with Gasteiger partial charge in [-0.15, -0.1) is 0 Å². The van der Waals surface area contributed by atoms with Crippen LogP contribution in [-0.2, 0) is 14.6 Å². The molecule has 1 saturated heterocycles. The van der Waals surface area contributed by atoms with E-state index in [2.05, 4.69) is 10.3 Å². The van der Waals surface area contributed by atoms with Gasteiger partial charge in [0.1, 0.15) is 0 Å². The Morgan fingerprint density at radius 1 is 1.43 bits per heavy atom. The van der Waals surface area contributed by atoms with E-state index in [1.807, 2.05) is 37.9 Å². The van der Waals surface area contributed by atoms with Crippen molar-refractivity contribution in [3.8, 4) is 0 Å². The van der Waals surface area contributed by atoms with E-state index in [1.54, 1.807) is 0 Å². The summed E-state index contributed by atoms with van der Waals surface area (Å²) in [5.41, 5.74) is 2.32. The highest BCUT2D eigenvalue weighted by molar-refractivity contribution is 7.91. The number of sulfone groups is 1. The van der Waals surface area contributed by atoms with Gasteiger partial charge in [-0.3, -0.25) is 9.78 Å². The van der Waals surface area contributed by atoms with Crippen molar-refractivity contribution < 1.29 is 13.2 Å². The summed E-state index contributed by atoms with van der Waals surface area (Å²) in [6.07, 6.45) is 0.170. The summed E-state index contributed by atoms with van der Waals surface area (Å²) < 4.78 is 23.3. The van der Waals surface area contributed by atoms with Crippen molar-refractivity contribution in [3.05, 3.63) is 23.5 Å². The molecule has 0 saturated carbocycles. The fourth-order valence-electron chi connectivity index (χ4n) is 2.42. The Morgan fingerprint density at radius 2 is 2.14 bits per heavy atom. The quantitative estimate of drug-likeness (QED) is 0.891. The van der Waals surface area contributed by atoms with Crippen LogP contribution < -0.4 is 5.32 Å². The van der Waals surface area contributed by atoms with Gasteiger partial charge in [-0.2, -0.15) is 0 Å². The lowest BCUT2D eigenvalue weighted by molar-refractivity contribution is -0.117. The zero-order valence-corrected chi connectivity index (χ0v) is 13.4. The number of nitrogens with zero attached hydrogens (tertiary/aromatic N) is 2. The normalized spacial score (nSPS) is 22.0. The van der Waals surface area contributed by atoms with E-state index >= 15 is 0 Å². The first-order chi connectivity index (χ1) is 9.77. The molecule has 7 heteroatoms. The molecule has 1 aliphatic rings. The molecule has 1 atom stereocenters. The zero-order valence-electron chi connectivity index (χ0n) is 12.6. The lowest BCUT2D eigenvalue weighted by Gasteiger charge is -2.31. The predicted octanol–water partition coefficient (Wildman–Crippen LogP) is 0.756. The Morgan fingerprint density at radius 3 is 2.81 bits per heavy atom. The summed E-state index contributed by atoms with van der Waals surface area (Å²) in [5, 5.41) is 2.81. The lowest BCUT2D eigenvalue weighted by atomic mass is 10.2. The molecular weight excluding hydrogens is 290 g/mol. The second-order valence-electron chi connectivity index (χ2n) is 5.59. The molecule has 2 rings (SSSR count). The minimum absolute atomic E-state index is 0.0437. The molecule has 1 fully saturated rings. The van der Waals surface area contributed by atoms with Gasteiger partial charge < -0.3 is 10.2 Å². The number of anilines is 1. The van der Waals surface area contributed by atoms with Crippen molar-refractivity contribution in [1.29, 1.82) is 0 Å². The van der Waals surface area contributed by atoms with Gasteiger partial charge in [0.2, 0.25) is 5.91 Å². The van der Waals surface area contributed by atoms with Gasteiger partial charge in [0.15, 0.2) is 9.84 Å². The molecule has 0 radical (unpaired) electrons. The van der Waals surface area contributed by atoms with Crippen molar-refractivity contribution in [2.45, 2.75) is 26.3 Å². The van der Waals surface area contributed by atoms with Gasteiger partial charge in [-0.1, -0.05) is 0 Å². The van der Waals surface area contributed by atoms with Crippen LogP contribution in [0.5, 0.6) is 0 Å². The maximum Gasteiger partial charge on any atom is 0.226 e. The summed E-state index contributed by atoms with van der Waals surface area (Å²) in [6.45, 7) is 4.20. The van der Waals surface area contributed by atoms with Crippen LogP contribution in [-0.4, -0.2) is 55.3 Å². The summed E-state index contributed by atoms with van der Waals surface area (Å²) >= 11 is 0. The molecular formula is C14H21N3O3S. The Kier molecular flexibility index (Phi) is 4.63. The molecule has 1 aromatic heterocycles. The Balaban J connectivity index is 2.01. The van der Waals surface area contributed by atoms with Crippen LogP contribution in [0, 0.1) is 13.8 Å². The third-order valence-electron chi connectivity index (χ3n) is 3.74. The molecule has 0 bridgehead atoms. The number of nitrogens with one attached hydrogen (secondary N) is 1. The van der Waals surface area contributed by atoms with Gasteiger partial charge >= 0.3 is 0 Å². The predicted molar refractivity (Wildman–Crippen MR) is 82.0 cm³/mol. The average Bonchev–Trinajstić information content (AvgIpc) is 2.37. The van der Waals surface area contributed by atoms with Crippen molar-refractivity contribution in [2.24, 2.45) is 0 Å². The topological polar surface area (TPSA) is 79.4 Å². The first-order valence-corrected chi connectivity index (χ1v) is 8.74. The number of aromatic nitrogens is 1. The fraction of sp³-hybridized carbons (Fsp3) is 0.571. The maximum atomic E-state index is 12.1. The Bertz CT molecular complexity index is 643. The summed E-state index contributed by atoms with van der Waals surface area (Å²) in [4.78, 5) is 18.3. The third-order valence-corrected chi connectivity index (χ3v) is 5.44. The van der Waals surface area contributed by atoms with E-state index in [1.165, 1.54) is 0 Å². The number of carbonyl (C=O) groups is 1. The van der Waals surface area contributed by atoms with Crippen molar-refractivity contribution in [3.63, 3.8) is 0 Å². The summed E-state index contributed by atoms with van der Waals surface area (Å²) in [5.74, 6) is 0.0303. The highest BCUT2D eigenvalue weighted by atomic mass is 32.2. The number of hydrogen-bond donors (Lipinski definition) is 1. The molecule has 1 aliphatic heterocycles. The Hall–Kier alpha value is -1.47. The molecule has 1 unspecified atom stereocenters. The lowest BCUT2D eigenvalue weighted by Crippen LogP contribution is -2.47. The third kappa shape index (κ3) is 4.25. The molecule has 2 heterocycles. The first-order valence-electron chi connectivity index (χ1n) is 6.91. The van der Waals surface area contributed by atoms with Crippen molar-refractivity contribution in [1.82, 2.24) is 9.88 Å². The van der Waals surface area contributed by atoms with Crippen molar-refractivity contribution >= 4 is 21.4 Å². The maximum absolute atomic E-state index is 12.1. The second kappa shape index (κ2) is 6.11. The number of aryl methyl sites for hydroxylation is 2. The van der Waals surface area contributed by atoms with E-state index in [9.17, 15) is 13.2 Å². The second-order valence-corrected chi connectivity index (χ2v) is 7.82. The highest BCUT2D eigenvalue weighted by Crippen LogP contribution is 2.16. The molecule has 21 heavy (non-hydrogen) atoms. The van der Waals surface area contributed by atoms with E-state index in [-0.39, 0.29) is 29.9 Å². The van der Waals surface area contributed by atoms with E-state index in [0.29, 0.717) is 12.2 Å². The smallest absolute Gasteiger partial charge is 0.226 e. The number of amides is 1. The van der Waals surface area contributed by atoms with Crippen LogP contribution in [0.4, 0.5) is 5.69 Å². The number of carbonyl (C=O) groups excluding carboxylic acids is 1. The highest BCUT2D eigenvalue weighted by Gasteiger charge is 2.30. The van der Waals surface area contributed by atoms with Gasteiger partial charge in [0.25, 0.3) is 0 Å². The molecule has 1 aromatic rings. The van der Waals surface area contributed by atoms with Crippen LogP contribution in [0.1, 0.15) is 17.8 Å². The van der Waals surface area contributed by atoms with E-state index in [0.717, 1.165) is 11.4 Å². The molecule has 6 nitrogen and oxygen atoms in total. The van der Waals surface area contributed by atoms with Crippen LogP contribution in [0.2, 0.25) is 0 Å². The summed E-state index contributed by atoms with van der Waals surface area (Å²) in [6, 6.07) is 3.39. The molecule has 0 aromatic carbocycles. The van der Waals surface area contributed by atoms with Crippen LogP contribution in [0.15, 0.2) is 12.1 Å². The minimum atomic E-state index is -3.03. The number of pyridine rings is 1. The number of hydrogen-bond acceptors (Lipinski definition) is 5. The fourth-order valence-corrected chi connectivity index (χ4v) is 4.11. The van der Waals surface area contributed by atoms with Gasteiger partial charge in [-0.05, 0) is 33.0 Å². The molecule has 1 amide bonds. The first kappa shape index (κ1) is 15.9. The average molecular weight is 311 g/mol. The summed E-state index contributed by atoms with van der Waals surface area (Å²) in [7, 11) is -1.18. The van der Waals surface area contributed by atoms with Gasteiger partial charge in [0.05, 0.1) is 22.9 Å². The molecule has 1 N–H and O–H groups in total. The van der Waals surface area contributed by atoms with Crippen molar-refractivity contribution in [2.75, 3.05) is 30.4 Å².